The van der Waals surface area contributed by atoms with Gasteiger partial charge in [-0.15, -0.1) is 11.8 Å². The Labute approximate surface area is 112 Å². The normalized spacial score (nSPS) is 11.9. The molecule has 0 saturated heterocycles. The molecule has 0 heterocycles. The summed E-state index contributed by atoms with van der Waals surface area (Å²) >= 11 is 1.47. The average Bonchev–Trinajstić information content (AvgIpc) is 2.38. The molecule has 1 atom stereocenters. The van der Waals surface area contributed by atoms with E-state index in [1.54, 1.807) is 0 Å². The first-order valence-corrected chi connectivity index (χ1v) is 6.87. The molecule has 0 radical (unpaired) electrons. The van der Waals surface area contributed by atoms with Gasteiger partial charge in [-0.2, -0.15) is 0 Å². The van der Waals surface area contributed by atoms with Gasteiger partial charge in [0.2, 0.25) is 0 Å². The van der Waals surface area contributed by atoms with E-state index in [0.29, 0.717) is 12.2 Å². The molecule has 1 aromatic rings. The van der Waals surface area contributed by atoms with E-state index in [0.717, 1.165) is 10.5 Å². The van der Waals surface area contributed by atoms with Crippen molar-refractivity contribution >= 4 is 23.5 Å². The molecule has 0 aliphatic carbocycles. The van der Waals surface area contributed by atoms with Crippen molar-refractivity contribution in [3.05, 3.63) is 29.8 Å². The summed E-state index contributed by atoms with van der Waals surface area (Å²) < 4.78 is 4.63. The minimum absolute atomic E-state index is 0.0717. The zero-order chi connectivity index (χ0) is 13.5. The van der Waals surface area contributed by atoms with Crippen LogP contribution in [0, 0.1) is 12.8 Å². The second-order valence-electron chi connectivity index (χ2n) is 4.00. The number of benzene rings is 1. The first kappa shape index (κ1) is 14.8. The predicted molar refractivity (Wildman–Crippen MR) is 72.7 cm³/mol. The maximum absolute atomic E-state index is 11.9. The second kappa shape index (κ2) is 7.21. The molecule has 18 heavy (non-hydrogen) atoms. The molecule has 0 aliphatic heterocycles. The fraction of sp³-hybridized carbons (Fsp3) is 0.429. The minimum Gasteiger partial charge on any atom is -0.468 e. The summed E-state index contributed by atoms with van der Waals surface area (Å²) in [5.74, 6) is -0.838. The Morgan fingerprint density at radius 3 is 2.56 bits per heavy atom. The van der Waals surface area contributed by atoms with E-state index in [2.05, 4.69) is 4.74 Å². The van der Waals surface area contributed by atoms with Gasteiger partial charge < -0.3 is 4.74 Å². The number of hydrogen-bond donors (Lipinski definition) is 0. The van der Waals surface area contributed by atoms with E-state index in [1.165, 1.54) is 18.9 Å². The highest BCUT2D eigenvalue weighted by Gasteiger charge is 2.25. The molecule has 3 nitrogen and oxygen atoms in total. The number of carbonyl (C=O) groups excluding carboxylic acids is 2. The molecular formula is C14H18O3S. The summed E-state index contributed by atoms with van der Waals surface area (Å²) in [5, 5.41) is 0. The Morgan fingerprint density at radius 1 is 1.33 bits per heavy atom. The molecule has 4 heteroatoms. The van der Waals surface area contributed by atoms with Crippen molar-refractivity contribution in [3.8, 4) is 0 Å². The van der Waals surface area contributed by atoms with Crippen LogP contribution in [0.2, 0.25) is 0 Å². The number of hydrogen-bond acceptors (Lipinski definition) is 4. The van der Waals surface area contributed by atoms with Gasteiger partial charge in [0.25, 0.3) is 0 Å². The number of esters is 1. The largest absolute Gasteiger partial charge is 0.468 e. The monoisotopic (exact) mass is 266 g/mol. The topological polar surface area (TPSA) is 43.4 Å². The van der Waals surface area contributed by atoms with E-state index in [9.17, 15) is 9.59 Å². The molecule has 1 unspecified atom stereocenters. The van der Waals surface area contributed by atoms with Gasteiger partial charge in [-0.05, 0) is 25.0 Å². The smallest absolute Gasteiger partial charge is 0.316 e. The molecule has 0 N–H and O–H groups in total. The summed E-state index contributed by atoms with van der Waals surface area (Å²) in [6.45, 7) is 3.82. The molecule has 0 bridgehead atoms. The SMILES string of the molecule is CCC(C(=O)CSc1ccccc1C)C(=O)OC. The van der Waals surface area contributed by atoms with Gasteiger partial charge in [0.15, 0.2) is 5.78 Å². The molecular weight excluding hydrogens is 248 g/mol. The van der Waals surface area contributed by atoms with Crippen LogP contribution >= 0.6 is 11.8 Å². The lowest BCUT2D eigenvalue weighted by molar-refractivity contribution is -0.148. The zero-order valence-corrected chi connectivity index (χ0v) is 11.8. The second-order valence-corrected chi connectivity index (χ2v) is 5.02. The van der Waals surface area contributed by atoms with Gasteiger partial charge in [-0.1, -0.05) is 25.1 Å². The third-order valence-electron chi connectivity index (χ3n) is 2.75. The number of ether oxygens (including phenoxy) is 1. The van der Waals surface area contributed by atoms with E-state index in [1.807, 2.05) is 38.1 Å². The van der Waals surface area contributed by atoms with Gasteiger partial charge in [-0.25, -0.2) is 0 Å². The van der Waals surface area contributed by atoms with Crippen LogP contribution < -0.4 is 0 Å². The number of methoxy groups -OCH3 is 1. The van der Waals surface area contributed by atoms with Crippen molar-refractivity contribution in [2.24, 2.45) is 5.92 Å². The Morgan fingerprint density at radius 2 is 2.00 bits per heavy atom. The number of carbonyl (C=O) groups is 2. The number of aryl methyl sites for hydroxylation is 1. The minimum atomic E-state index is -0.633. The lowest BCUT2D eigenvalue weighted by Gasteiger charge is -2.11. The van der Waals surface area contributed by atoms with Crippen LogP contribution in [0.5, 0.6) is 0 Å². The quantitative estimate of drug-likeness (QED) is 0.451. The Hall–Kier alpha value is -1.29. The van der Waals surface area contributed by atoms with Gasteiger partial charge in [-0.3, -0.25) is 9.59 Å². The molecule has 1 aromatic carbocycles. The fourth-order valence-corrected chi connectivity index (χ4v) is 2.61. The maximum atomic E-state index is 11.9. The number of Topliss-reactive ketones (excluding diaryl/α,β-unsaturated/α-hetero) is 1. The van der Waals surface area contributed by atoms with E-state index < -0.39 is 11.9 Å². The van der Waals surface area contributed by atoms with Crippen LogP contribution in [0.4, 0.5) is 0 Å². The Kier molecular flexibility index (Phi) is 5.92. The molecule has 0 saturated carbocycles. The summed E-state index contributed by atoms with van der Waals surface area (Å²) in [4.78, 5) is 24.4. The fourth-order valence-electron chi connectivity index (χ4n) is 1.64. The Balaban J connectivity index is 2.60. The number of thioether (sulfide) groups is 1. The van der Waals surface area contributed by atoms with Gasteiger partial charge in [0.05, 0.1) is 12.9 Å². The van der Waals surface area contributed by atoms with Gasteiger partial charge in [0, 0.05) is 4.90 Å². The van der Waals surface area contributed by atoms with Crippen LogP contribution in [0.15, 0.2) is 29.2 Å². The van der Waals surface area contributed by atoms with Crippen molar-refractivity contribution in [3.63, 3.8) is 0 Å². The van der Waals surface area contributed by atoms with Gasteiger partial charge >= 0.3 is 5.97 Å². The summed E-state index contributed by atoms with van der Waals surface area (Å²) in [6.07, 6.45) is 0.486. The summed E-state index contributed by atoms with van der Waals surface area (Å²) in [7, 11) is 1.31. The maximum Gasteiger partial charge on any atom is 0.316 e. The van der Waals surface area contributed by atoms with Crippen molar-refractivity contribution in [1.29, 1.82) is 0 Å². The molecule has 0 amide bonds. The third kappa shape index (κ3) is 3.88. The first-order valence-electron chi connectivity index (χ1n) is 5.89. The lowest BCUT2D eigenvalue weighted by atomic mass is 10.0. The highest BCUT2D eigenvalue weighted by molar-refractivity contribution is 8.00. The summed E-state index contributed by atoms with van der Waals surface area (Å²) in [5.41, 5.74) is 1.14. The van der Waals surface area contributed by atoms with Crippen molar-refractivity contribution < 1.29 is 14.3 Å². The van der Waals surface area contributed by atoms with Crippen LogP contribution in [-0.2, 0) is 14.3 Å². The molecule has 98 valence electrons. The van der Waals surface area contributed by atoms with Crippen LogP contribution in [0.25, 0.3) is 0 Å². The zero-order valence-electron chi connectivity index (χ0n) is 10.9. The number of rotatable bonds is 6. The highest BCUT2D eigenvalue weighted by Crippen LogP contribution is 2.23. The van der Waals surface area contributed by atoms with Crippen molar-refractivity contribution in [2.75, 3.05) is 12.9 Å². The molecule has 0 aromatic heterocycles. The highest BCUT2D eigenvalue weighted by atomic mass is 32.2. The Bertz CT molecular complexity index is 429. The lowest BCUT2D eigenvalue weighted by Crippen LogP contribution is -2.26. The molecule has 0 spiro atoms. The first-order chi connectivity index (χ1) is 8.60. The van der Waals surface area contributed by atoms with E-state index in [-0.39, 0.29) is 5.78 Å². The average molecular weight is 266 g/mol. The van der Waals surface area contributed by atoms with E-state index >= 15 is 0 Å². The van der Waals surface area contributed by atoms with E-state index in [4.69, 9.17) is 0 Å². The number of ketones is 1. The van der Waals surface area contributed by atoms with Crippen LogP contribution in [0.1, 0.15) is 18.9 Å². The third-order valence-corrected chi connectivity index (χ3v) is 3.94. The predicted octanol–water partition coefficient (Wildman–Crippen LogP) is 2.86. The molecule has 1 rings (SSSR count). The van der Waals surface area contributed by atoms with Crippen LogP contribution in [-0.4, -0.2) is 24.6 Å². The van der Waals surface area contributed by atoms with Crippen molar-refractivity contribution in [1.82, 2.24) is 0 Å². The standard InChI is InChI=1S/C14H18O3S/c1-4-11(14(16)17-3)12(15)9-18-13-8-6-5-7-10(13)2/h5-8,11H,4,9H2,1-3H3. The van der Waals surface area contributed by atoms with Crippen LogP contribution in [0.3, 0.4) is 0 Å². The molecule has 0 aliphatic rings. The van der Waals surface area contributed by atoms with Crippen molar-refractivity contribution in [2.45, 2.75) is 25.2 Å². The summed E-state index contributed by atoms with van der Waals surface area (Å²) in [6, 6.07) is 7.89. The molecule has 0 fully saturated rings. The van der Waals surface area contributed by atoms with Gasteiger partial charge in [0.1, 0.15) is 5.92 Å².